The van der Waals surface area contributed by atoms with E-state index in [1.54, 1.807) is 23.4 Å². The lowest BCUT2D eigenvalue weighted by Crippen LogP contribution is -2.49. The van der Waals surface area contributed by atoms with Crippen LogP contribution in [0.5, 0.6) is 0 Å². The molecule has 29 heavy (non-hydrogen) atoms. The van der Waals surface area contributed by atoms with Crippen molar-refractivity contribution in [2.45, 2.75) is 45.2 Å². The van der Waals surface area contributed by atoms with E-state index in [0.717, 1.165) is 0 Å². The lowest BCUT2D eigenvalue weighted by Gasteiger charge is -2.32. The van der Waals surface area contributed by atoms with Gasteiger partial charge in [0.1, 0.15) is 29.9 Å². The number of H-pyrrole nitrogens is 1. The standard InChI is InChI=1S/C17H21N5O5S2/c1-8(28)21(4)13-11(5-25-9(2)23)27-17(14(13)26-10(3)24)22-7-20-12-15(22)18-6-19-16(12)29/h6-7,11,13-14,17H,5H2,1-4H3,(H,18,19,29)/t11-,13-,14-,17-/m1/s1. The number of rotatable bonds is 5. The summed E-state index contributed by atoms with van der Waals surface area (Å²) >= 11 is 10.5. The molecule has 0 amide bonds. The second-order valence-corrected chi connectivity index (χ2v) is 7.60. The molecule has 0 aromatic carbocycles. The summed E-state index contributed by atoms with van der Waals surface area (Å²) in [6.07, 6.45) is 0.899. The van der Waals surface area contributed by atoms with Gasteiger partial charge >= 0.3 is 11.9 Å². The highest BCUT2D eigenvalue weighted by Crippen LogP contribution is 2.36. The second kappa shape index (κ2) is 8.51. The van der Waals surface area contributed by atoms with Crippen LogP contribution in [0.1, 0.15) is 27.0 Å². The van der Waals surface area contributed by atoms with Gasteiger partial charge in [-0.15, -0.1) is 0 Å². The normalized spacial score (nSPS) is 23.7. The van der Waals surface area contributed by atoms with Gasteiger partial charge in [0.25, 0.3) is 0 Å². The van der Waals surface area contributed by atoms with E-state index in [-0.39, 0.29) is 6.61 Å². The molecule has 3 rings (SSSR count). The van der Waals surface area contributed by atoms with Gasteiger partial charge in [0.2, 0.25) is 0 Å². The fraction of sp³-hybridized carbons (Fsp3) is 0.529. The molecule has 2 aromatic heterocycles. The van der Waals surface area contributed by atoms with Crippen molar-refractivity contribution in [1.29, 1.82) is 0 Å². The molecule has 1 saturated heterocycles. The maximum absolute atomic E-state index is 11.9. The molecule has 0 bridgehead atoms. The van der Waals surface area contributed by atoms with Crippen LogP contribution in [0.15, 0.2) is 12.7 Å². The first-order valence-corrected chi connectivity index (χ1v) is 9.62. The van der Waals surface area contributed by atoms with Gasteiger partial charge in [-0.2, -0.15) is 0 Å². The molecule has 10 nitrogen and oxygen atoms in total. The largest absolute Gasteiger partial charge is 0.463 e. The zero-order valence-electron chi connectivity index (χ0n) is 16.3. The van der Waals surface area contributed by atoms with Crippen LogP contribution in [0.25, 0.3) is 11.2 Å². The Hall–Kier alpha value is -2.44. The molecular formula is C17H21N5O5S2. The van der Waals surface area contributed by atoms with Crippen LogP contribution in [0, 0.1) is 4.64 Å². The lowest BCUT2D eigenvalue weighted by atomic mass is 10.1. The summed E-state index contributed by atoms with van der Waals surface area (Å²) < 4.78 is 19.0. The molecule has 0 spiro atoms. The number of aromatic nitrogens is 4. The van der Waals surface area contributed by atoms with Gasteiger partial charge in [-0.3, -0.25) is 14.2 Å². The summed E-state index contributed by atoms with van der Waals surface area (Å²) in [6, 6.07) is -0.483. The summed E-state index contributed by atoms with van der Waals surface area (Å²) in [5.74, 6) is -0.916. The van der Waals surface area contributed by atoms with Crippen LogP contribution in [0.3, 0.4) is 0 Å². The van der Waals surface area contributed by atoms with Gasteiger partial charge in [-0.1, -0.05) is 24.4 Å². The number of hydrogen-bond acceptors (Lipinski definition) is 9. The summed E-state index contributed by atoms with van der Waals surface area (Å²) in [5.41, 5.74) is 1.06. The highest BCUT2D eigenvalue weighted by molar-refractivity contribution is 7.80. The maximum Gasteiger partial charge on any atom is 0.303 e. The fourth-order valence-corrected chi connectivity index (χ4v) is 3.67. The Morgan fingerprint density at radius 1 is 1.31 bits per heavy atom. The molecule has 0 aliphatic carbocycles. The van der Waals surface area contributed by atoms with Crippen molar-refractivity contribution < 1.29 is 23.8 Å². The minimum absolute atomic E-state index is 0.0224. The zero-order chi connectivity index (χ0) is 21.3. The Bertz CT molecular complexity index is 1010. The number of nitrogens with one attached hydrogen (secondary N) is 1. The predicted octanol–water partition coefficient (Wildman–Crippen LogP) is 1.53. The quantitative estimate of drug-likeness (QED) is 0.544. The molecule has 1 N–H and O–H groups in total. The van der Waals surface area contributed by atoms with Crippen LogP contribution >= 0.6 is 24.4 Å². The number of likely N-dealkylation sites (N-methyl/N-ethyl adjacent to an activating group) is 1. The number of carbonyl (C=O) groups excluding carboxylic acids is 2. The molecule has 4 atom stereocenters. The van der Waals surface area contributed by atoms with E-state index < -0.39 is 36.4 Å². The maximum atomic E-state index is 11.9. The van der Waals surface area contributed by atoms with Crippen molar-refractivity contribution in [3.8, 4) is 0 Å². The Morgan fingerprint density at radius 2 is 2.03 bits per heavy atom. The van der Waals surface area contributed by atoms with E-state index in [0.29, 0.717) is 20.8 Å². The van der Waals surface area contributed by atoms with Crippen molar-refractivity contribution >= 4 is 52.5 Å². The van der Waals surface area contributed by atoms with Gasteiger partial charge in [0, 0.05) is 20.9 Å². The third kappa shape index (κ3) is 4.28. The number of ether oxygens (including phenoxy) is 3. The van der Waals surface area contributed by atoms with Gasteiger partial charge in [-0.05, 0) is 6.92 Å². The second-order valence-electron chi connectivity index (χ2n) is 6.62. The van der Waals surface area contributed by atoms with Crippen molar-refractivity contribution in [3.63, 3.8) is 0 Å². The third-order valence-electron chi connectivity index (χ3n) is 4.66. The molecule has 0 radical (unpaired) electrons. The van der Waals surface area contributed by atoms with Crippen LogP contribution < -0.4 is 0 Å². The van der Waals surface area contributed by atoms with Crippen LogP contribution in [-0.4, -0.2) is 73.3 Å². The number of imidazole rings is 1. The molecule has 3 heterocycles. The summed E-state index contributed by atoms with van der Waals surface area (Å²) in [5, 5.41) is 0. The van der Waals surface area contributed by atoms with E-state index in [9.17, 15) is 9.59 Å². The van der Waals surface area contributed by atoms with Crippen LogP contribution in [0.2, 0.25) is 0 Å². The minimum atomic E-state index is -0.751. The molecule has 1 fully saturated rings. The van der Waals surface area contributed by atoms with Crippen LogP contribution in [0.4, 0.5) is 0 Å². The Balaban J connectivity index is 2.07. The van der Waals surface area contributed by atoms with E-state index in [4.69, 9.17) is 38.6 Å². The summed E-state index contributed by atoms with van der Waals surface area (Å²) in [4.78, 5) is 36.9. The van der Waals surface area contributed by atoms with E-state index in [2.05, 4.69) is 15.0 Å². The average Bonchev–Trinajstić information content (AvgIpc) is 3.21. The third-order valence-corrected chi connectivity index (χ3v) is 5.25. The Labute approximate surface area is 177 Å². The average molecular weight is 440 g/mol. The van der Waals surface area contributed by atoms with Crippen molar-refractivity contribution in [2.75, 3.05) is 13.7 Å². The number of thiocarbonyl (C=S) groups is 1. The Kier molecular flexibility index (Phi) is 6.24. The summed E-state index contributed by atoms with van der Waals surface area (Å²) in [6.45, 7) is 4.37. The fourth-order valence-electron chi connectivity index (χ4n) is 3.34. The monoisotopic (exact) mass is 439 g/mol. The van der Waals surface area contributed by atoms with Crippen molar-refractivity contribution in [3.05, 3.63) is 17.3 Å². The molecule has 1 aliphatic rings. The number of nitrogens with zero attached hydrogens (tertiary/aromatic N) is 4. The van der Waals surface area contributed by atoms with Crippen LogP contribution in [-0.2, 0) is 23.8 Å². The molecular weight excluding hydrogens is 418 g/mol. The smallest absolute Gasteiger partial charge is 0.303 e. The van der Waals surface area contributed by atoms with Gasteiger partial charge in [-0.25, -0.2) is 9.97 Å². The molecule has 12 heteroatoms. The lowest BCUT2D eigenvalue weighted by molar-refractivity contribution is -0.153. The molecule has 0 unspecified atom stereocenters. The minimum Gasteiger partial charge on any atom is -0.463 e. The molecule has 156 valence electrons. The molecule has 1 aliphatic heterocycles. The van der Waals surface area contributed by atoms with Gasteiger partial charge in [0.05, 0.1) is 17.6 Å². The highest BCUT2D eigenvalue weighted by atomic mass is 32.1. The van der Waals surface area contributed by atoms with E-state index in [1.807, 2.05) is 0 Å². The van der Waals surface area contributed by atoms with Gasteiger partial charge < -0.3 is 24.1 Å². The first-order chi connectivity index (χ1) is 13.7. The first-order valence-electron chi connectivity index (χ1n) is 8.80. The SMILES string of the molecule is CC(=O)OC[C@H]1O[C@@H](n2cnc3c(=S)nc[nH]c32)[C@H](OC(C)=O)[C@@H]1N(C)C(C)=S. The number of aromatic amines is 1. The Morgan fingerprint density at radius 3 is 2.66 bits per heavy atom. The zero-order valence-corrected chi connectivity index (χ0v) is 18.0. The van der Waals surface area contributed by atoms with Crippen molar-refractivity contribution in [2.24, 2.45) is 0 Å². The van der Waals surface area contributed by atoms with Crippen molar-refractivity contribution in [1.82, 2.24) is 24.4 Å². The highest BCUT2D eigenvalue weighted by Gasteiger charge is 2.50. The first kappa shape index (κ1) is 21.3. The molecule has 0 saturated carbocycles. The topological polar surface area (TPSA) is 112 Å². The molecule has 2 aromatic rings. The van der Waals surface area contributed by atoms with E-state index >= 15 is 0 Å². The number of carbonyl (C=O) groups is 2. The van der Waals surface area contributed by atoms with E-state index in [1.165, 1.54) is 26.5 Å². The predicted molar refractivity (Wildman–Crippen MR) is 109 cm³/mol. The number of esters is 2. The van der Waals surface area contributed by atoms with Gasteiger partial charge in [0.15, 0.2) is 17.0 Å². The number of hydrogen-bond donors (Lipinski definition) is 1. The number of fused-ring (bicyclic) bond motifs is 1. The summed E-state index contributed by atoms with van der Waals surface area (Å²) in [7, 11) is 1.78.